The van der Waals surface area contributed by atoms with E-state index >= 15 is 0 Å². The molecular weight excluding hydrogens is 214 g/mol. The molecule has 1 heterocycles. The highest BCUT2D eigenvalue weighted by Gasteiger charge is 2.33. The monoisotopic (exact) mass is 235 g/mol. The molecular formula is C14H21NO2. The van der Waals surface area contributed by atoms with E-state index in [0.29, 0.717) is 6.61 Å². The summed E-state index contributed by atoms with van der Waals surface area (Å²) >= 11 is 0. The Morgan fingerprint density at radius 3 is 2.71 bits per heavy atom. The molecule has 0 saturated carbocycles. The van der Waals surface area contributed by atoms with Crippen LogP contribution in [0.2, 0.25) is 0 Å². The van der Waals surface area contributed by atoms with Gasteiger partial charge in [-0.25, -0.2) is 0 Å². The number of hydrogen-bond acceptors (Lipinski definition) is 3. The maximum Gasteiger partial charge on any atom is 0.0753 e. The van der Waals surface area contributed by atoms with Crippen molar-refractivity contribution in [3.63, 3.8) is 0 Å². The molecule has 1 unspecified atom stereocenters. The van der Waals surface area contributed by atoms with Gasteiger partial charge in [-0.15, -0.1) is 0 Å². The number of nitrogens with zero attached hydrogens (tertiary/aromatic N) is 1. The standard InChI is InChI=1S/C14H21NO2/c1-14(2)11-15(13(9-16)10-17-14)8-12-6-4-3-5-7-12/h3-7,13,16H,8-11H2,1-2H3. The van der Waals surface area contributed by atoms with Gasteiger partial charge in [0.25, 0.3) is 0 Å². The zero-order valence-electron chi connectivity index (χ0n) is 10.6. The van der Waals surface area contributed by atoms with Gasteiger partial charge in [-0.2, -0.15) is 0 Å². The van der Waals surface area contributed by atoms with Gasteiger partial charge in [0.05, 0.1) is 24.9 Å². The summed E-state index contributed by atoms with van der Waals surface area (Å²) in [6, 6.07) is 10.5. The predicted octanol–water partition coefficient (Wildman–Crippen LogP) is 1.66. The Bertz CT molecular complexity index is 350. The highest BCUT2D eigenvalue weighted by Crippen LogP contribution is 2.22. The third kappa shape index (κ3) is 3.28. The number of aliphatic hydroxyl groups is 1. The average Bonchev–Trinajstić information content (AvgIpc) is 2.30. The number of morpholine rings is 1. The van der Waals surface area contributed by atoms with Gasteiger partial charge in [0.2, 0.25) is 0 Å². The van der Waals surface area contributed by atoms with E-state index in [1.165, 1.54) is 5.56 Å². The van der Waals surface area contributed by atoms with E-state index in [9.17, 15) is 5.11 Å². The molecule has 3 nitrogen and oxygen atoms in total. The Morgan fingerprint density at radius 2 is 2.06 bits per heavy atom. The normalized spacial score (nSPS) is 24.8. The number of hydrogen-bond donors (Lipinski definition) is 1. The lowest BCUT2D eigenvalue weighted by Gasteiger charge is -2.43. The van der Waals surface area contributed by atoms with E-state index in [2.05, 4.69) is 43.0 Å². The Labute approximate surface area is 103 Å². The molecule has 2 rings (SSSR count). The van der Waals surface area contributed by atoms with Crippen molar-refractivity contribution >= 4 is 0 Å². The lowest BCUT2D eigenvalue weighted by atomic mass is 10.0. The first-order valence-corrected chi connectivity index (χ1v) is 6.13. The van der Waals surface area contributed by atoms with Gasteiger partial charge in [-0.1, -0.05) is 30.3 Å². The number of aliphatic hydroxyl groups excluding tert-OH is 1. The maximum atomic E-state index is 9.39. The highest BCUT2D eigenvalue weighted by molar-refractivity contribution is 5.14. The molecule has 1 aliphatic rings. The molecule has 1 aliphatic heterocycles. The second kappa shape index (κ2) is 5.17. The van der Waals surface area contributed by atoms with Crippen LogP contribution < -0.4 is 0 Å². The van der Waals surface area contributed by atoms with Crippen molar-refractivity contribution in [3.05, 3.63) is 35.9 Å². The number of rotatable bonds is 3. The summed E-state index contributed by atoms with van der Waals surface area (Å²) in [6.45, 7) is 6.68. The van der Waals surface area contributed by atoms with E-state index in [0.717, 1.165) is 13.1 Å². The second-order valence-corrected chi connectivity index (χ2v) is 5.30. The highest BCUT2D eigenvalue weighted by atomic mass is 16.5. The minimum atomic E-state index is -0.125. The molecule has 1 fully saturated rings. The first-order chi connectivity index (χ1) is 8.11. The van der Waals surface area contributed by atoms with Gasteiger partial charge < -0.3 is 9.84 Å². The molecule has 94 valence electrons. The fourth-order valence-corrected chi connectivity index (χ4v) is 2.26. The predicted molar refractivity (Wildman–Crippen MR) is 67.8 cm³/mol. The van der Waals surface area contributed by atoms with E-state index in [1.54, 1.807) is 0 Å². The molecule has 1 aromatic carbocycles. The van der Waals surface area contributed by atoms with Crippen molar-refractivity contribution in [2.24, 2.45) is 0 Å². The van der Waals surface area contributed by atoms with Crippen LogP contribution in [0.4, 0.5) is 0 Å². The van der Waals surface area contributed by atoms with Crippen LogP contribution >= 0.6 is 0 Å². The van der Waals surface area contributed by atoms with E-state index < -0.39 is 0 Å². The zero-order valence-corrected chi connectivity index (χ0v) is 10.6. The molecule has 0 radical (unpaired) electrons. The van der Waals surface area contributed by atoms with Gasteiger partial charge in [0, 0.05) is 13.1 Å². The molecule has 1 N–H and O–H groups in total. The fraction of sp³-hybridized carbons (Fsp3) is 0.571. The summed E-state index contributed by atoms with van der Waals surface area (Å²) in [7, 11) is 0. The first kappa shape index (κ1) is 12.6. The topological polar surface area (TPSA) is 32.7 Å². The molecule has 0 aliphatic carbocycles. The molecule has 3 heteroatoms. The van der Waals surface area contributed by atoms with Gasteiger partial charge >= 0.3 is 0 Å². The van der Waals surface area contributed by atoms with Crippen molar-refractivity contribution in [2.45, 2.75) is 32.0 Å². The van der Waals surface area contributed by atoms with Crippen LogP contribution in [0.5, 0.6) is 0 Å². The van der Waals surface area contributed by atoms with Crippen molar-refractivity contribution in [1.29, 1.82) is 0 Å². The maximum absolute atomic E-state index is 9.39. The van der Waals surface area contributed by atoms with E-state index in [-0.39, 0.29) is 18.2 Å². The van der Waals surface area contributed by atoms with E-state index in [4.69, 9.17) is 4.74 Å². The first-order valence-electron chi connectivity index (χ1n) is 6.13. The van der Waals surface area contributed by atoms with Crippen molar-refractivity contribution < 1.29 is 9.84 Å². The molecule has 1 atom stereocenters. The lowest BCUT2D eigenvalue weighted by Crippen LogP contribution is -2.54. The molecule has 0 amide bonds. The third-order valence-electron chi connectivity index (χ3n) is 3.21. The zero-order chi connectivity index (χ0) is 12.3. The van der Waals surface area contributed by atoms with Gasteiger partial charge in [-0.05, 0) is 19.4 Å². The summed E-state index contributed by atoms with van der Waals surface area (Å²) in [4.78, 5) is 2.30. The van der Waals surface area contributed by atoms with Crippen LogP contribution in [0.25, 0.3) is 0 Å². The molecule has 0 aromatic heterocycles. The minimum absolute atomic E-state index is 0.114. The SMILES string of the molecule is CC1(C)CN(Cc2ccccc2)C(CO)CO1. The minimum Gasteiger partial charge on any atom is -0.395 e. The van der Waals surface area contributed by atoms with Crippen LogP contribution in [0, 0.1) is 0 Å². The third-order valence-corrected chi connectivity index (χ3v) is 3.21. The number of benzene rings is 1. The fourth-order valence-electron chi connectivity index (χ4n) is 2.26. The Balaban J connectivity index is 2.06. The second-order valence-electron chi connectivity index (χ2n) is 5.30. The lowest BCUT2D eigenvalue weighted by molar-refractivity contribution is -0.126. The van der Waals surface area contributed by atoms with Crippen LogP contribution in [0.15, 0.2) is 30.3 Å². The largest absolute Gasteiger partial charge is 0.395 e. The van der Waals surface area contributed by atoms with Crippen molar-refractivity contribution in [3.8, 4) is 0 Å². The van der Waals surface area contributed by atoms with Gasteiger partial charge in [0.15, 0.2) is 0 Å². The quantitative estimate of drug-likeness (QED) is 0.865. The molecule has 17 heavy (non-hydrogen) atoms. The summed E-state index contributed by atoms with van der Waals surface area (Å²) in [5.41, 5.74) is 1.16. The smallest absolute Gasteiger partial charge is 0.0753 e. The molecule has 1 saturated heterocycles. The molecule has 0 spiro atoms. The Hall–Kier alpha value is -0.900. The van der Waals surface area contributed by atoms with Gasteiger partial charge in [-0.3, -0.25) is 4.90 Å². The van der Waals surface area contributed by atoms with Crippen LogP contribution in [-0.4, -0.2) is 41.4 Å². The summed E-state index contributed by atoms with van der Waals surface area (Å²) in [6.07, 6.45) is 0. The van der Waals surface area contributed by atoms with Gasteiger partial charge in [0.1, 0.15) is 0 Å². The van der Waals surface area contributed by atoms with Crippen LogP contribution in [0.3, 0.4) is 0 Å². The summed E-state index contributed by atoms with van der Waals surface area (Å²) in [5, 5.41) is 9.39. The van der Waals surface area contributed by atoms with Crippen molar-refractivity contribution in [1.82, 2.24) is 4.90 Å². The molecule has 1 aromatic rings. The Kier molecular flexibility index (Phi) is 3.82. The summed E-state index contributed by atoms with van der Waals surface area (Å²) < 4.78 is 5.74. The van der Waals surface area contributed by atoms with E-state index in [1.807, 2.05) is 6.07 Å². The number of ether oxygens (including phenoxy) is 1. The molecule has 0 bridgehead atoms. The van der Waals surface area contributed by atoms with Crippen LogP contribution in [-0.2, 0) is 11.3 Å². The summed E-state index contributed by atoms with van der Waals surface area (Å²) in [5.74, 6) is 0. The van der Waals surface area contributed by atoms with Crippen LogP contribution in [0.1, 0.15) is 19.4 Å². The average molecular weight is 235 g/mol. The van der Waals surface area contributed by atoms with Crippen molar-refractivity contribution in [2.75, 3.05) is 19.8 Å². The Morgan fingerprint density at radius 1 is 1.35 bits per heavy atom.